The van der Waals surface area contributed by atoms with Gasteiger partial charge in [-0.2, -0.15) is 5.26 Å². The first-order valence-corrected chi connectivity index (χ1v) is 6.12. The van der Waals surface area contributed by atoms with Crippen molar-refractivity contribution in [1.82, 2.24) is 5.32 Å². The molecule has 8 N–H and O–H groups in total. The highest BCUT2D eigenvalue weighted by atomic mass is 16.4. The number of aliphatic carboxylic acids is 4. The first kappa shape index (κ1) is 33.0. The minimum absolute atomic E-state index is 0.194. The Balaban J connectivity index is -0.0000000642. The Morgan fingerprint density at radius 1 is 0.917 bits per heavy atom. The Kier molecular flexibility index (Phi) is 44.4. The molecule has 0 aromatic heterocycles. The number of nitrogens with two attached hydrogens (primary N) is 1. The maximum atomic E-state index is 9.01. The molecular formula is C12H25N3O9. The third-order valence-corrected chi connectivity index (χ3v) is 0.705. The van der Waals surface area contributed by atoms with Crippen LogP contribution in [-0.4, -0.2) is 75.7 Å². The van der Waals surface area contributed by atoms with Gasteiger partial charge in [0.05, 0.1) is 6.61 Å². The molecule has 0 atom stereocenters. The lowest BCUT2D eigenvalue weighted by molar-refractivity contribution is -0.135. The minimum atomic E-state index is -1.44. The molecule has 0 fully saturated rings. The number of aliphatic hydroxyl groups is 1. The van der Waals surface area contributed by atoms with Gasteiger partial charge in [0.15, 0.2) is 6.07 Å². The van der Waals surface area contributed by atoms with Gasteiger partial charge in [0.2, 0.25) is 0 Å². The molecule has 0 amide bonds. The summed E-state index contributed by atoms with van der Waals surface area (Å²) in [6.45, 7) is 5.53. The van der Waals surface area contributed by atoms with E-state index in [0.717, 1.165) is 33.4 Å². The summed E-state index contributed by atoms with van der Waals surface area (Å²) in [4.78, 5) is 36.0. The zero-order valence-electron chi connectivity index (χ0n) is 13.7. The van der Waals surface area contributed by atoms with Crippen LogP contribution in [0.1, 0.15) is 20.8 Å². The van der Waals surface area contributed by atoms with E-state index in [2.05, 4.69) is 5.32 Å². The summed E-state index contributed by atoms with van der Waals surface area (Å²) in [6, 6.07) is 0.944. The van der Waals surface area contributed by atoms with Crippen molar-refractivity contribution < 1.29 is 44.7 Å². The normalized spacial score (nSPS) is 7.00. The summed E-state index contributed by atoms with van der Waals surface area (Å²) in [7, 11) is 0. The van der Waals surface area contributed by atoms with Crippen LogP contribution in [-0.2, 0) is 19.2 Å². The maximum Gasteiger partial charge on any atom is 0.408 e. The third-order valence-electron chi connectivity index (χ3n) is 0.705. The summed E-state index contributed by atoms with van der Waals surface area (Å²) < 4.78 is 0. The molecule has 0 rings (SSSR count). The number of nitrogens with one attached hydrogen (secondary N) is 1. The van der Waals surface area contributed by atoms with Crippen LogP contribution < -0.4 is 11.1 Å². The molecule has 0 aromatic carbocycles. The molecule has 0 aliphatic carbocycles. The Labute approximate surface area is 139 Å². The molecule has 24 heavy (non-hydrogen) atoms. The number of carbonyl (C=O) groups is 4. The number of hydrogen-bond acceptors (Lipinski definition) is 8. The number of nitrogens with zero attached hydrogens (tertiary/aromatic N) is 1. The summed E-state index contributed by atoms with van der Waals surface area (Å²) in [6.07, 6.45) is 0. The number of carboxylic acid groups (broad SMARTS) is 4. The van der Waals surface area contributed by atoms with E-state index in [1.807, 2.05) is 0 Å². The van der Waals surface area contributed by atoms with Gasteiger partial charge in [-0.05, 0) is 0 Å². The first-order valence-electron chi connectivity index (χ1n) is 6.12. The predicted molar refractivity (Wildman–Crippen MR) is 82.2 cm³/mol. The highest BCUT2D eigenvalue weighted by Crippen LogP contribution is 1.52. The van der Waals surface area contributed by atoms with Gasteiger partial charge in [-0.25, -0.2) is 4.79 Å². The molecule has 0 saturated heterocycles. The average molecular weight is 355 g/mol. The van der Waals surface area contributed by atoms with Gasteiger partial charge in [-0.1, -0.05) is 0 Å². The molecule has 0 heterocycles. The number of carboxylic acids is 4. The standard InChI is InChI=1S/C4H12N2O.C2HNO2.3C2H4O2/c5-1-2-6-3-4-7;3-1-2(4)5;3*1-2(3)4/h6-7H,1-5H2;(H,4,5);3*1H3,(H,3,4). The van der Waals surface area contributed by atoms with Gasteiger partial charge < -0.3 is 36.6 Å². The second-order valence-electron chi connectivity index (χ2n) is 3.24. The molecule has 0 spiro atoms. The van der Waals surface area contributed by atoms with Crippen LogP contribution in [0, 0.1) is 11.3 Å². The smallest absolute Gasteiger partial charge is 0.408 e. The molecule has 0 bridgehead atoms. The zero-order valence-corrected chi connectivity index (χ0v) is 13.7. The lowest BCUT2D eigenvalue weighted by Crippen LogP contribution is -2.24. The molecule has 0 aliphatic rings. The Hall–Kier alpha value is -2.75. The van der Waals surface area contributed by atoms with Crippen LogP contribution in [0.4, 0.5) is 0 Å². The van der Waals surface area contributed by atoms with Crippen molar-refractivity contribution >= 4 is 23.9 Å². The van der Waals surface area contributed by atoms with Crippen molar-refractivity contribution in [2.45, 2.75) is 20.8 Å². The van der Waals surface area contributed by atoms with Crippen molar-refractivity contribution in [3.63, 3.8) is 0 Å². The lowest BCUT2D eigenvalue weighted by Gasteiger charge is -1.95. The van der Waals surface area contributed by atoms with E-state index >= 15 is 0 Å². The van der Waals surface area contributed by atoms with Crippen LogP contribution in [0.5, 0.6) is 0 Å². The summed E-state index contributed by atoms with van der Waals surface area (Å²) >= 11 is 0. The average Bonchev–Trinajstić information content (AvgIpc) is 2.38. The van der Waals surface area contributed by atoms with E-state index < -0.39 is 23.9 Å². The summed E-state index contributed by atoms with van der Waals surface area (Å²) in [5.74, 6) is -3.94. The largest absolute Gasteiger partial charge is 0.481 e. The Morgan fingerprint density at radius 2 is 1.17 bits per heavy atom. The van der Waals surface area contributed by atoms with Gasteiger partial charge in [-0.15, -0.1) is 0 Å². The molecule has 0 saturated carbocycles. The monoisotopic (exact) mass is 355 g/mol. The third kappa shape index (κ3) is 607. The van der Waals surface area contributed by atoms with Gasteiger partial charge >= 0.3 is 5.97 Å². The predicted octanol–water partition coefficient (Wildman–Crippen LogP) is -1.61. The molecule has 0 aromatic rings. The van der Waals surface area contributed by atoms with Crippen LogP contribution in [0.15, 0.2) is 0 Å². The topological polar surface area (TPSA) is 231 Å². The fourth-order valence-corrected chi connectivity index (χ4v) is 0.306. The fourth-order valence-electron chi connectivity index (χ4n) is 0.306. The number of aliphatic hydroxyl groups excluding tert-OH is 1. The van der Waals surface area contributed by atoms with Crippen LogP contribution in [0.3, 0.4) is 0 Å². The number of rotatable bonds is 4. The summed E-state index contributed by atoms with van der Waals surface area (Å²) in [5.41, 5.74) is 5.13. The molecule has 0 radical (unpaired) electrons. The molecule has 0 unspecified atom stereocenters. The second kappa shape index (κ2) is 32.3. The van der Waals surface area contributed by atoms with E-state index in [-0.39, 0.29) is 6.61 Å². The van der Waals surface area contributed by atoms with Crippen molar-refractivity contribution in [1.29, 1.82) is 5.26 Å². The minimum Gasteiger partial charge on any atom is -0.481 e. The van der Waals surface area contributed by atoms with E-state index in [4.69, 9.17) is 55.7 Å². The van der Waals surface area contributed by atoms with Gasteiger partial charge in [0, 0.05) is 40.4 Å². The number of hydrogen-bond donors (Lipinski definition) is 7. The highest BCUT2D eigenvalue weighted by Gasteiger charge is 1.79. The molecule has 0 aliphatic heterocycles. The Bertz CT molecular complexity index is 323. The quantitative estimate of drug-likeness (QED) is 0.171. The van der Waals surface area contributed by atoms with Crippen molar-refractivity contribution in [3.05, 3.63) is 0 Å². The van der Waals surface area contributed by atoms with E-state index in [1.165, 1.54) is 0 Å². The highest BCUT2D eigenvalue weighted by molar-refractivity contribution is 5.83. The van der Waals surface area contributed by atoms with Gasteiger partial charge in [0.25, 0.3) is 17.9 Å². The fraction of sp³-hybridized carbons (Fsp3) is 0.583. The van der Waals surface area contributed by atoms with Crippen molar-refractivity contribution in [2.24, 2.45) is 5.73 Å². The first-order chi connectivity index (χ1) is 10.9. The molecule has 12 heteroatoms. The number of nitriles is 1. The Morgan fingerprint density at radius 3 is 1.29 bits per heavy atom. The summed E-state index contributed by atoms with van der Waals surface area (Å²) in [5, 5.41) is 48.0. The molecular weight excluding hydrogens is 330 g/mol. The van der Waals surface area contributed by atoms with Crippen LogP contribution in [0.25, 0.3) is 0 Å². The van der Waals surface area contributed by atoms with Crippen molar-refractivity contribution in [3.8, 4) is 6.07 Å². The van der Waals surface area contributed by atoms with Crippen LogP contribution >= 0.6 is 0 Å². The maximum absolute atomic E-state index is 9.01. The van der Waals surface area contributed by atoms with E-state index in [1.54, 1.807) is 0 Å². The second-order valence-corrected chi connectivity index (χ2v) is 3.24. The SMILES string of the molecule is CC(=O)O.CC(=O)O.CC(=O)O.N#CC(=O)O.NCCNCCO. The zero-order chi connectivity index (χ0) is 20.6. The molecule has 142 valence electrons. The van der Waals surface area contributed by atoms with Gasteiger partial charge in [0.1, 0.15) is 0 Å². The van der Waals surface area contributed by atoms with Gasteiger partial charge in [-0.3, -0.25) is 14.4 Å². The van der Waals surface area contributed by atoms with Crippen LogP contribution in [0.2, 0.25) is 0 Å². The van der Waals surface area contributed by atoms with E-state index in [0.29, 0.717) is 13.1 Å². The van der Waals surface area contributed by atoms with Crippen molar-refractivity contribution in [2.75, 3.05) is 26.2 Å². The van der Waals surface area contributed by atoms with E-state index in [9.17, 15) is 0 Å². The molecule has 12 nitrogen and oxygen atoms in total. The lowest BCUT2D eigenvalue weighted by atomic mass is 10.6.